The highest BCUT2D eigenvalue weighted by molar-refractivity contribution is 7.92. The summed E-state index contributed by atoms with van der Waals surface area (Å²) in [5.41, 5.74) is 1.86. The van der Waals surface area contributed by atoms with Gasteiger partial charge in [0.05, 0.1) is 10.1 Å². The van der Waals surface area contributed by atoms with E-state index in [0.29, 0.717) is 4.90 Å². The topological polar surface area (TPSA) is 46.2 Å². The summed E-state index contributed by atoms with van der Waals surface area (Å²) >= 11 is 0. The molecule has 0 bridgehead atoms. The molecule has 1 aromatic carbocycles. The molecule has 0 aromatic heterocycles. The van der Waals surface area contributed by atoms with E-state index in [2.05, 4.69) is 19.2 Å². The van der Waals surface area contributed by atoms with Crippen LogP contribution in [-0.2, 0) is 9.84 Å². The standard InChI is InChI=1S/C17H27NO2S/c1-6-18-16-14(9-10-17(16,4)5)21(19,20)15-11-12(2)7-8-13(15)3/h7-8,11,14,16,18H,6,9-10H2,1-5H3. The van der Waals surface area contributed by atoms with Crippen LogP contribution in [0.25, 0.3) is 0 Å². The molecule has 3 nitrogen and oxygen atoms in total. The highest BCUT2D eigenvalue weighted by atomic mass is 32.2. The molecule has 1 fully saturated rings. The van der Waals surface area contributed by atoms with Gasteiger partial charge in [0.15, 0.2) is 9.84 Å². The van der Waals surface area contributed by atoms with Gasteiger partial charge in [0.2, 0.25) is 0 Å². The van der Waals surface area contributed by atoms with Gasteiger partial charge in [-0.05, 0) is 55.8 Å². The lowest BCUT2D eigenvalue weighted by atomic mass is 9.87. The quantitative estimate of drug-likeness (QED) is 0.928. The molecule has 2 unspecified atom stereocenters. The fraction of sp³-hybridized carbons (Fsp3) is 0.647. The minimum absolute atomic E-state index is 0.0193. The molecule has 118 valence electrons. The molecule has 0 saturated heterocycles. The van der Waals surface area contributed by atoms with Crippen molar-refractivity contribution < 1.29 is 8.42 Å². The van der Waals surface area contributed by atoms with Gasteiger partial charge in [-0.3, -0.25) is 0 Å². The Labute approximate surface area is 129 Å². The lowest BCUT2D eigenvalue weighted by Crippen LogP contribution is -2.47. The van der Waals surface area contributed by atoms with Crippen LogP contribution >= 0.6 is 0 Å². The van der Waals surface area contributed by atoms with Gasteiger partial charge < -0.3 is 5.32 Å². The van der Waals surface area contributed by atoms with Crippen molar-refractivity contribution in [1.82, 2.24) is 5.32 Å². The molecule has 1 aliphatic rings. The van der Waals surface area contributed by atoms with Gasteiger partial charge in [0.25, 0.3) is 0 Å². The van der Waals surface area contributed by atoms with Crippen molar-refractivity contribution in [1.29, 1.82) is 0 Å². The van der Waals surface area contributed by atoms with Gasteiger partial charge in [0.1, 0.15) is 0 Å². The van der Waals surface area contributed by atoms with Crippen LogP contribution in [0.4, 0.5) is 0 Å². The van der Waals surface area contributed by atoms with Crippen molar-refractivity contribution in [2.24, 2.45) is 5.41 Å². The maximum absolute atomic E-state index is 13.1. The molecule has 1 saturated carbocycles. The van der Waals surface area contributed by atoms with Crippen LogP contribution in [0.1, 0.15) is 44.7 Å². The Morgan fingerprint density at radius 1 is 1.29 bits per heavy atom. The van der Waals surface area contributed by atoms with Crippen LogP contribution in [0, 0.1) is 19.3 Å². The summed E-state index contributed by atoms with van der Waals surface area (Å²) < 4.78 is 26.3. The predicted octanol–water partition coefficient (Wildman–Crippen LogP) is 3.24. The molecular formula is C17H27NO2S. The predicted molar refractivity (Wildman–Crippen MR) is 87.4 cm³/mol. The second kappa shape index (κ2) is 5.73. The van der Waals surface area contributed by atoms with Crippen LogP contribution in [0.2, 0.25) is 0 Å². The second-order valence-corrected chi connectivity index (χ2v) is 9.05. The molecule has 0 spiro atoms. The maximum atomic E-state index is 13.1. The molecule has 1 N–H and O–H groups in total. The van der Waals surface area contributed by atoms with Crippen molar-refractivity contribution in [3.8, 4) is 0 Å². The van der Waals surface area contributed by atoms with Gasteiger partial charge in [-0.1, -0.05) is 32.9 Å². The van der Waals surface area contributed by atoms with Crippen molar-refractivity contribution >= 4 is 9.84 Å². The van der Waals surface area contributed by atoms with Crippen LogP contribution in [0.3, 0.4) is 0 Å². The Kier molecular flexibility index (Phi) is 4.50. The highest BCUT2D eigenvalue weighted by Gasteiger charge is 2.48. The number of benzene rings is 1. The molecule has 0 heterocycles. The summed E-state index contributed by atoms with van der Waals surface area (Å²) in [5, 5.41) is 3.09. The van der Waals surface area contributed by atoms with Crippen LogP contribution in [0.5, 0.6) is 0 Å². The molecule has 1 aliphatic carbocycles. The van der Waals surface area contributed by atoms with E-state index in [1.807, 2.05) is 39.0 Å². The third-order valence-corrected chi connectivity index (χ3v) is 7.12. The number of aryl methyl sites for hydroxylation is 2. The Balaban J connectivity index is 2.46. The Morgan fingerprint density at radius 2 is 1.95 bits per heavy atom. The van der Waals surface area contributed by atoms with Gasteiger partial charge in [-0.15, -0.1) is 0 Å². The summed E-state index contributed by atoms with van der Waals surface area (Å²) in [5.74, 6) is 0. The largest absolute Gasteiger partial charge is 0.312 e. The van der Waals surface area contributed by atoms with Crippen LogP contribution in [-0.4, -0.2) is 26.3 Å². The Bertz CT molecular complexity index is 620. The molecule has 1 aromatic rings. The number of hydrogen-bond acceptors (Lipinski definition) is 3. The van der Waals surface area contributed by atoms with Gasteiger partial charge in [-0.25, -0.2) is 8.42 Å². The molecule has 0 radical (unpaired) electrons. The summed E-state index contributed by atoms with van der Waals surface area (Å²) in [6.07, 6.45) is 1.68. The lowest BCUT2D eigenvalue weighted by Gasteiger charge is -2.31. The molecular weight excluding hydrogens is 282 g/mol. The first-order valence-electron chi connectivity index (χ1n) is 7.74. The summed E-state index contributed by atoms with van der Waals surface area (Å²) in [7, 11) is -3.30. The molecule has 4 heteroatoms. The van der Waals surface area contributed by atoms with Crippen LogP contribution in [0.15, 0.2) is 23.1 Å². The van der Waals surface area contributed by atoms with E-state index in [-0.39, 0.29) is 16.7 Å². The number of hydrogen-bond donors (Lipinski definition) is 1. The fourth-order valence-electron chi connectivity index (χ4n) is 3.48. The number of sulfone groups is 1. The first kappa shape index (κ1) is 16.5. The second-order valence-electron chi connectivity index (χ2n) is 6.92. The van der Waals surface area contributed by atoms with E-state index in [1.54, 1.807) is 0 Å². The fourth-order valence-corrected chi connectivity index (χ4v) is 5.92. The van der Waals surface area contributed by atoms with Crippen LogP contribution < -0.4 is 5.32 Å². The van der Waals surface area contributed by atoms with E-state index in [1.165, 1.54) is 0 Å². The molecule has 0 aliphatic heterocycles. The van der Waals surface area contributed by atoms with Gasteiger partial charge in [-0.2, -0.15) is 0 Å². The SMILES string of the molecule is CCNC1C(S(=O)(=O)c2cc(C)ccc2C)CCC1(C)C. The molecule has 21 heavy (non-hydrogen) atoms. The lowest BCUT2D eigenvalue weighted by molar-refractivity contribution is 0.288. The summed E-state index contributed by atoms with van der Waals surface area (Å²) in [4.78, 5) is 0.508. The normalized spacial score (nSPS) is 25.2. The first-order chi connectivity index (χ1) is 9.70. The zero-order valence-corrected chi connectivity index (χ0v) is 14.5. The monoisotopic (exact) mass is 309 g/mol. The highest BCUT2D eigenvalue weighted by Crippen LogP contribution is 2.42. The summed E-state index contributed by atoms with van der Waals surface area (Å²) in [6, 6.07) is 5.71. The van der Waals surface area contributed by atoms with E-state index in [9.17, 15) is 8.42 Å². The summed E-state index contributed by atoms with van der Waals surface area (Å²) in [6.45, 7) is 11.0. The smallest absolute Gasteiger partial charge is 0.183 e. The van der Waals surface area contributed by atoms with E-state index >= 15 is 0 Å². The Morgan fingerprint density at radius 3 is 2.57 bits per heavy atom. The number of rotatable bonds is 4. The van der Waals surface area contributed by atoms with Crippen molar-refractivity contribution in [2.75, 3.05) is 6.54 Å². The third-order valence-electron chi connectivity index (χ3n) is 4.76. The Hall–Kier alpha value is -0.870. The average Bonchev–Trinajstić information content (AvgIpc) is 2.69. The zero-order chi connectivity index (χ0) is 15.8. The van der Waals surface area contributed by atoms with Crippen molar-refractivity contribution in [3.05, 3.63) is 29.3 Å². The van der Waals surface area contributed by atoms with Gasteiger partial charge >= 0.3 is 0 Å². The maximum Gasteiger partial charge on any atom is 0.183 e. The van der Waals surface area contributed by atoms with Gasteiger partial charge in [0, 0.05) is 6.04 Å². The minimum Gasteiger partial charge on any atom is -0.312 e. The van der Waals surface area contributed by atoms with E-state index < -0.39 is 9.84 Å². The first-order valence-corrected chi connectivity index (χ1v) is 9.29. The van der Waals surface area contributed by atoms with E-state index in [0.717, 1.165) is 30.5 Å². The molecule has 2 atom stereocenters. The van der Waals surface area contributed by atoms with E-state index in [4.69, 9.17) is 0 Å². The van der Waals surface area contributed by atoms with Crippen molar-refractivity contribution in [3.63, 3.8) is 0 Å². The zero-order valence-electron chi connectivity index (χ0n) is 13.7. The van der Waals surface area contributed by atoms with Crippen molar-refractivity contribution in [2.45, 2.75) is 63.6 Å². The molecule has 0 amide bonds. The third kappa shape index (κ3) is 3.02. The minimum atomic E-state index is -3.30. The number of nitrogens with one attached hydrogen (secondary N) is 1. The molecule has 2 rings (SSSR count). The average molecular weight is 309 g/mol.